The molecule has 0 heterocycles. The molecule has 0 aromatic heterocycles. The van der Waals surface area contributed by atoms with E-state index in [9.17, 15) is 9.59 Å². The maximum absolute atomic E-state index is 12.0. The van der Waals surface area contributed by atoms with Crippen molar-refractivity contribution in [3.63, 3.8) is 0 Å². The molecule has 136 valence electrons. The molecule has 2 rings (SSSR count). The highest BCUT2D eigenvalue weighted by Gasteiger charge is 2.10. The second kappa shape index (κ2) is 9.36. The number of carbonyl (C=O) groups is 2. The lowest BCUT2D eigenvalue weighted by atomic mass is 10.1. The molecule has 0 unspecified atom stereocenters. The number of hydrazone groups is 1. The van der Waals surface area contributed by atoms with E-state index in [0.717, 1.165) is 28.9 Å². The third-order valence-corrected chi connectivity index (χ3v) is 3.81. The van der Waals surface area contributed by atoms with E-state index in [2.05, 4.69) is 15.8 Å². The van der Waals surface area contributed by atoms with Crippen LogP contribution in [-0.2, 0) is 16.0 Å². The molecule has 2 aromatic rings. The monoisotopic (exact) mass is 352 g/mol. The molecule has 0 saturated carbocycles. The number of nitrogens with one attached hydrogen (secondary N) is 2. The minimum Gasteiger partial charge on any atom is -0.378 e. The fourth-order valence-electron chi connectivity index (χ4n) is 2.37. The van der Waals surface area contributed by atoms with Crippen LogP contribution in [0.5, 0.6) is 0 Å². The van der Waals surface area contributed by atoms with Gasteiger partial charge in [0, 0.05) is 25.5 Å². The topological polar surface area (TPSA) is 73.8 Å². The highest BCUT2D eigenvalue weighted by molar-refractivity contribution is 6.04. The van der Waals surface area contributed by atoms with Crippen molar-refractivity contribution >= 4 is 29.4 Å². The lowest BCUT2D eigenvalue weighted by Gasteiger charge is -2.11. The van der Waals surface area contributed by atoms with Gasteiger partial charge in [-0.05, 0) is 35.7 Å². The quantitative estimate of drug-likeness (QED) is 0.457. The zero-order valence-corrected chi connectivity index (χ0v) is 15.3. The molecule has 6 heteroatoms. The van der Waals surface area contributed by atoms with E-state index >= 15 is 0 Å². The van der Waals surface area contributed by atoms with Crippen molar-refractivity contribution in [1.82, 2.24) is 5.43 Å². The van der Waals surface area contributed by atoms with Crippen molar-refractivity contribution < 1.29 is 9.59 Å². The first-order valence-electron chi connectivity index (χ1n) is 8.46. The molecule has 2 aromatic carbocycles. The summed E-state index contributed by atoms with van der Waals surface area (Å²) >= 11 is 0. The number of amides is 2. The molecule has 0 saturated heterocycles. The van der Waals surface area contributed by atoms with Crippen LogP contribution in [0.3, 0.4) is 0 Å². The molecule has 0 bridgehead atoms. The van der Waals surface area contributed by atoms with Crippen molar-refractivity contribution in [2.45, 2.75) is 19.8 Å². The third-order valence-electron chi connectivity index (χ3n) is 3.81. The van der Waals surface area contributed by atoms with Gasteiger partial charge in [-0.2, -0.15) is 5.10 Å². The van der Waals surface area contributed by atoms with Gasteiger partial charge in [-0.1, -0.05) is 37.3 Å². The normalized spacial score (nSPS) is 10.6. The molecular formula is C20H24N4O2. The van der Waals surface area contributed by atoms with Crippen LogP contribution in [0.15, 0.2) is 53.6 Å². The third kappa shape index (κ3) is 5.73. The number of hydrogen-bond acceptors (Lipinski definition) is 4. The molecule has 0 aliphatic carbocycles. The largest absolute Gasteiger partial charge is 0.378 e. The summed E-state index contributed by atoms with van der Waals surface area (Å²) in [6, 6.07) is 15.3. The minimum absolute atomic E-state index is 0.283. The second-order valence-electron chi connectivity index (χ2n) is 6.01. The molecule has 26 heavy (non-hydrogen) atoms. The number of carbonyl (C=O) groups excluding carboxylic acids is 2. The van der Waals surface area contributed by atoms with E-state index in [1.807, 2.05) is 74.4 Å². The van der Waals surface area contributed by atoms with E-state index < -0.39 is 5.91 Å². The van der Waals surface area contributed by atoms with Gasteiger partial charge in [0.1, 0.15) is 6.42 Å². The van der Waals surface area contributed by atoms with E-state index in [-0.39, 0.29) is 12.3 Å². The van der Waals surface area contributed by atoms with Gasteiger partial charge in [-0.15, -0.1) is 0 Å². The van der Waals surface area contributed by atoms with Gasteiger partial charge < -0.3 is 10.2 Å². The summed E-state index contributed by atoms with van der Waals surface area (Å²) in [6.45, 7) is 2.01. The predicted molar refractivity (Wildman–Crippen MR) is 106 cm³/mol. The summed E-state index contributed by atoms with van der Waals surface area (Å²) in [5, 5.41) is 6.65. The Labute approximate surface area is 153 Å². The Morgan fingerprint density at radius 2 is 1.73 bits per heavy atom. The lowest BCUT2D eigenvalue weighted by molar-refractivity contribution is -0.126. The van der Waals surface area contributed by atoms with Crippen molar-refractivity contribution in [3.05, 3.63) is 59.7 Å². The smallest absolute Gasteiger partial charge is 0.249 e. The van der Waals surface area contributed by atoms with Crippen molar-refractivity contribution in [3.8, 4) is 0 Å². The number of aryl methyl sites for hydroxylation is 1. The van der Waals surface area contributed by atoms with Crippen LogP contribution in [0.25, 0.3) is 0 Å². The van der Waals surface area contributed by atoms with Gasteiger partial charge in [0.05, 0.1) is 6.21 Å². The molecule has 0 aliphatic rings. The van der Waals surface area contributed by atoms with Crippen LogP contribution >= 0.6 is 0 Å². The first kappa shape index (κ1) is 19.2. The Balaban J connectivity index is 1.83. The second-order valence-corrected chi connectivity index (χ2v) is 6.01. The van der Waals surface area contributed by atoms with E-state index in [1.165, 1.54) is 0 Å². The maximum atomic E-state index is 12.0. The molecule has 0 spiro atoms. The van der Waals surface area contributed by atoms with E-state index in [0.29, 0.717) is 0 Å². The summed E-state index contributed by atoms with van der Waals surface area (Å²) in [6.07, 6.45) is 2.07. The molecule has 0 atom stereocenters. The van der Waals surface area contributed by atoms with Crippen LogP contribution in [0, 0.1) is 0 Å². The molecular weight excluding hydrogens is 328 g/mol. The number of benzene rings is 2. The zero-order chi connectivity index (χ0) is 18.9. The van der Waals surface area contributed by atoms with E-state index in [1.54, 1.807) is 6.21 Å². The van der Waals surface area contributed by atoms with Gasteiger partial charge in [0.15, 0.2) is 0 Å². The Bertz CT molecular complexity index is 783. The standard InChI is InChI=1S/C20H24N4O2/c1-4-16-7-5-6-8-18(16)22-19(25)13-20(26)23-21-14-15-9-11-17(12-10-15)24(2)3/h5-12,14H,4,13H2,1-3H3,(H,22,25)(H,23,26). The summed E-state index contributed by atoms with van der Waals surface area (Å²) in [7, 11) is 3.93. The first-order valence-corrected chi connectivity index (χ1v) is 8.46. The predicted octanol–water partition coefficient (Wildman–Crippen LogP) is 2.79. The van der Waals surface area contributed by atoms with Crippen molar-refractivity contribution in [2.24, 2.45) is 5.10 Å². The van der Waals surface area contributed by atoms with Gasteiger partial charge in [0.25, 0.3) is 0 Å². The van der Waals surface area contributed by atoms with Crippen molar-refractivity contribution in [1.29, 1.82) is 0 Å². The minimum atomic E-state index is -0.461. The Morgan fingerprint density at radius 3 is 2.38 bits per heavy atom. The van der Waals surface area contributed by atoms with Gasteiger partial charge in [-0.3, -0.25) is 9.59 Å². The molecule has 2 amide bonds. The summed E-state index contributed by atoms with van der Waals surface area (Å²) in [5.74, 6) is -0.827. The molecule has 2 N–H and O–H groups in total. The Morgan fingerprint density at radius 1 is 1.04 bits per heavy atom. The average molecular weight is 352 g/mol. The zero-order valence-electron chi connectivity index (χ0n) is 15.3. The van der Waals surface area contributed by atoms with Crippen LogP contribution in [0.1, 0.15) is 24.5 Å². The first-order chi connectivity index (χ1) is 12.5. The number of para-hydroxylation sites is 1. The number of nitrogens with zero attached hydrogens (tertiary/aromatic N) is 2. The SMILES string of the molecule is CCc1ccccc1NC(=O)CC(=O)NN=Cc1ccc(N(C)C)cc1. The Kier molecular flexibility index (Phi) is 6.91. The lowest BCUT2D eigenvalue weighted by Crippen LogP contribution is -2.25. The highest BCUT2D eigenvalue weighted by Crippen LogP contribution is 2.15. The highest BCUT2D eigenvalue weighted by atomic mass is 16.2. The maximum Gasteiger partial charge on any atom is 0.249 e. The molecule has 0 aliphatic heterocycles. The molecule has 0 radical (unpaired) electrons. The molecule has 6 nitrogen and oxygen atoms in total. The Hall–Kier alpha value is -3.15. The average Bonchev–Trinajstić information content (AvgIpc) is 2.62. The summed E-state index contributed by atoms with van der Waals surface area (Å²) < 4.78 is 0. The fourth-order valence-corrected chi connectivity index (χ4v) is 2.37. The van der Waals surface area contributed by atoms with E-state index in [4.69, 9.17) is 0 Å². The summed E-state index contributed by atoms with van der Waals surface area (Å²) in [5.41, 5.74) is 6.07. The van der Waals surface area contributed by atoms with Gasteiger partial charge in [-0.25, -0.2) is 5.43 Å². The van der Waals surface area contributed by atoms with Crippen molar-refractivity contribution in [2.75, 3.05) is 24.3 Å². The van der Waals surface area contributed by atoms with Gasteiger partial charge in [0.2, 0.25) is 11.8 Å². The van der Waals surface area contributed by atoms with Crippen LogP contribution in [0.2, 0.25) is 0 Å². The fraction of sp³-hybridized carbons (Fsp3) is 0.250. The van der Waals surface area contributed by atoms with Crippen LogP contribution in [0.4, 0.5) is 11.4 Å². The van der Waals surface area contributed by atoms with Crippen LogP contribution < -0.4 is 15.6 Å². The van der Waals surface area contributed by atoms with Gasteiger partial charge >= 0.3 is 0 Å². The van der Waals surface area contributed by atoms with Crippen LogP contribution in [-0.4, -0.2) is 32.1 Å². The molecule has 0 fully saturated rings. The number of hydrogen-bond donors (Lipinski definition) is 2. The number of rotatable bonds is 7. The number of anilines is 2. The summed E-state index contributed by atoms with van der Waals surface area (Å²) in [4.78, 5) is 25.8.